The maximum atomic E-state index is 11.8. The van der Waals surface area contributed by atoms with Crippen molar-refractivity contribution in [3.8, 4) is 0 Å². The number of carbonyl (C=O) groups is 1. The molecule has 4 rings (SSSR count). The Kier molecular flexibility index (Phi) is 3.59. The first kappa shape index (κ1) is 16.2. The van der Waals surface area contributed by atoms with E-state index in [-0.39, 0.29) is 5.41 Å². The van der Waals surface area contributed by atoms with Gasteiger partial charge in [-0.1, -0.05) is 24.5 Å². The molecule has 0 amide bonds. The Morgan fingerprint density at radius 1 is 1.33 bits per heavy atom. The van der Waals surface area contributed by atoms with Crippen LogP contribution >= 0.6 is 0 Å². The van der Waals surface area contributed by atoms with E-state index in [0.29, 0.717) is 48.2 Å². The van der Waals surface area contributed by atoms with Crippen molar-refractivity contribution in [2.45, 2.75) is 64.5 Å². The Balaban J connectivity index is 1.70. The molecule has 0 aliphatic heterocycles. The van der Waals surface area contributed by atoms with Crippen LogP contribution in [0.4, 0.5) is 0 Å². The maximum Gasteiger partial charge on any atom is 0.155 e. The largest absolute Gasteiger partial charge is 0.383 e. The Morgan fingerprint density at radius 3 is 2.88 bits per heavy atom. The van der Waals surface area contributed by atoms with E-state index in [1.165, 1.54) is 5.57 Å². The van der Waals surface area contributed by atoms with Crippen LogP contribution in [0.1, 0.15) is 58.8 Å². The zero-order valence-corrected chi connectivity index (χ0v) is 14.6. The third kappa shape index (κ3) is 2.04. The van der Waals surface area contributed by atoms with Gasteiger partial charge < -0.3 is 5.11 Å². The molecule has 0 aromatic carbocycles. The molecule has 0 spiro atoms. The van der Waals surface area contributed by atoms with Gasteiger partial charge in [-0.05, 0) is 79.7 Å². The summed E-state index contributed by atoms with van der Waals surface area (Å²) < 4.78 is 0. The van der Waals surface area contributed by atoms with Gasteiger partial charge in [-0.25, -0.2) is 0 Å². The van der Waals surface area contributed by atoms with E-state index >= 15 is 0 Å². The lowest BCUT2D eigenvalue weighted by atomic mass is 9.49. The van der Waals surface area contributed by atoms with Crippen molar-refractivity contribution in [3.05, 3.63) is 22.1 Å². The number of nitrogens with zero attached hydrogens (tertiary/aromatic N) is 3. The Labute approximate surface area is 143 Å². The Morgan fingerprint density at radius 2 is 2.12 bits per heavy atom. The van der Waals surface area contributed by atoms with Gasteiger partial charge in [-0.2, -0.15) is 0 Å². The summed E-state index contributed by atoms with van der Waals surface area (Å²) in [5, 5.41) is 14.9. The lowest BCUT2D eigenvalue weighted by Crippen LogP contribution is -2.53. The number of ketones is 1. The first-order valence-corrected chi connectivity index (χ1v) is 9.41. The summed E-state index contributed by atoms with van der Waals surface area (Å²) in [7, 11) is 0. The minimum Gasteiger partial charge on any atom is -0.383 e. The molecule has 24 heavy (non-hydrogen) atoms. The van der Waals surface area contributed by atoms with Crippen molar-refractivity contribution in [1.82, 2.24) is 0 Å². The van der Waals surface area contributed by atoms with Crippen molar-refractivity contribution in [3.63, 3.8) is 0 Å². The molecule has 1 N–H and O–H groups in total. The van der Waals surface area contributed by atoms with Gasteiger partial charge in [0.05, 0.1) is 0 Å². The molecular formula is C19H27N3O2. The molecule has 3 saturated carbocycles. The molecule has 0 unspecified atom stereocenters. The fourth-order valence-electron chi connectivity index (χ4n) is 6.82. The summed E-state index contributed by atoms with van der Waals surface area (Å²) in [6.45, 7) is 4.45. The van der Waals surface area contributed by atoms with Gasteiger partial charge in [0, 0.05) is 16.7 Å². The third-order valence-electron chi connectivity index (χ3n) is 7.96. The molecule has 0 saturated heterocycles. The minimum absolute atomic E-state index is 0.297. The molecule has 0 aromatic rings. The molecule has 4 aliphatic rings. The van der Waals surface area contributed by atoms with Crippen molar-refractivity contribution >= 4 is 5.78 Å². The third-order valence-corrected chi connectivity index (χ3v) is 7.96. The monoisotopic (exact) mass is 329 g/mol. The zero-order chi connectivity index (χ0) is 17.1. The molecule has 0 aromatic heterocycles. The van der Waals surface area contributed by atoms with Gasteiger partial charge >= 0.3 is 0 Å². The number of carbonyl (C=O) groups excluding carboxylic acids is 1. The smallest absolute Gasteiger partial charge is 0.155 e. The SMILES string of the molecule is C[C@@H]1CC2=CC(=O)CC[C@@H]2[C@H]2CC[C@@]3(C)[C@@H](CC[C@@]3(O)N=[N+]=[N-])[C@@H]21. The average Bonchev–Trinajstić information content (AvgIpc) is 2.79. The van der Waals surface area contributed by atoms with Crippen LogP contribution in [0.25, 0.3) is 10.4 Å². The quantitative estimate of drug-likeness (QED) is 0.440. The van der Waals surface area contributed by atoms with Gasteiger partial charge in [0.25, 0.3) is 0 Å². The second kappa shape index (κ2) is 5.34. The van der Waals surface area contributed by atoms with Crippen molar-refractivity contribution in [1.29, 1.82) is 0 Å². The van der Waals surface area contributed by atoms with E-state index in [0.717, 1.165) is 32.1 Å². The molecule has 0 radical (unpaired) electrons. The highest BCUT2D eigenvalue weighted by atomic mass is 16.3. The van der Waals surface area contributed by atoms with Crippen molar-refractivity contribution < 1.29 is 9.90 Å². The van der Waals surface area contributed by atoms with E-state index in [9.17, 15) is 9.90 Å². The molecular weight excluding hydrogens is 302 g/mol. The summed E-state index contributed by atoms with van der Waals surface area (Å²) in [4.78, 5) is 14.8. The van der Waals surface area contributed by atoms with E-state index in [4.69, 9.17) is 5.53 Å². The predicted molar refractivity (Wildman–Crippen MR) is 90.7 cm³/mol. The second-order valence-corrected chi connectivity index (χ2v) is 8.86. The molecule has 4 aliphatic carbocycles. The van der Waals surface area contributed by atoms with Gasteiger partial charge in [-0.15, -0.1) is 0 Å². The van der Waals surface area contributed by atoms with Crippen LogP contribution in [0.5, 0.6) is 0 Å². The minimum atomic E-state index is -1.23. The summed E-state index contributed by atoms with van der Waals surface area (Å²) in [5.41, 5.74) is 8.77. The lowest BCUT2D eigenvalue weighted by Gasteiger charge is -2.56. The first-order chi connectivity index (χ1) is 11.4. The highest BCUT2D eigenvalue weighted by Crippen LogP contribution is 2.66. The molecule has 3 fully saturated rings. The molecule has 7 atom stereocenters. The van der Waals surface area contributed by atoms with Crippen molar-refractivity contribution in [2.24, 2.45) is 40.1 Å². The van der Waals surface area contributed by atoms with Gasteiger partial charge in [-0.3, -0.25) is 4.79 Å². The molecule has 130 valence electrons. The molecule has 0 heterocycles. The van der Waals surface area contributed by atoms with Gasteiger partial charge in [0.2, 0.25) is 0 Å². The fourth-order valence-corrected chi connectivity index (χ4v) is 6.82. The molecule has 0 bridgehead atoms. The van der Waals surface area contributed by atoms with E-state index in [1.807, 2.05) is 6.08 Å². The fraction of sp³-hybridized carbons (Fsp3) is 0.842. The number of allylic oxidation sites excluding steroid dienone is 1. The van der Waals surface area contributed by atoms with Gasteiger partial charge in [0.15, 0.2) is 5.78 Å². The van der Waals surface area contributed by atoms with Crippen LogP contribution in [0.15, 0.2) is 16.8 Å². The average molecular weight is 329 g/mol. The van der Waals surface area contributed by atoms with E-state index in [1.54, 1.807) is 0 Å². The maximum absolute atomic E-state index is 11.8. The number of aliphatic hydroxyl groups is 1. The highest BCUT2D eigenvalue weighted by molar-refractivity contribution is 5.91. The second-order valence-electron chi connectivity index (χ2n) is 8.86. The van der Waals surface area contributed by atoms with Crippen LogP contribution in [-0.2, 0) is 4.79 Å². The predicted octanol–water partition coefficient (Wildman–Crippen LogP) is 4.37. The lowest BCUT2D eigenvalue weighted by molar-refractivity contribution is -0.125. The Bertz CT molecular complexity index is 653. The van der Waals surface area contributed by atoms with Gasteiger partial charge in [0.1, 0.15) is 5.72 Å². The zero-order valence-electron chi connectivity index (χ0n) is 14.6. The normalized spacial score (nSPS) is 50.2. The van der Waals surface area contributed by atoms with Crippen LogP contribution in [0, 0.1) is 35.0 Å². The molecule has 5 nitrogen and oxygen atoms in total. The number of rotatable bonds is 1. The number of fused-ring (bicyclic) bond motifs is 5. The summed E-state index contributed by atoms with van der Waals surface area (Å²) in [6, 6.07) is 0. The van der Waals surface area contributed by atoms with E-state index < -0.39 is 5.72 Å². The first-order valence-electron chi connectivity index (χ1n) is 9.41. The van der Waals surface area contributed by atoms with Crippen LogP contribution < -0.4 is 0 Å². The van der Waals surface area contributed by atoms with Crippen LogP contribution in [-0.4, -0.2) is 16.6 Å². The summed E-state index contributed by atoms with van der Waals surface area (Å²) >= 11 is 0. The molecule has 5 heteroatoms. The van der Waals surface area contributed by atoms with E-state index in [2.05, 4.69) is 23.9 Å². The summed E-state index contributed by atoms with van der Waals surface area (Å²) in [5.74, 6) is 3.00. The van der Waals surface area contributed by atoms with Crippen LogP contribution in [0.2, 0.25) is 0 Å². The standard InChI is InChI=1S/C19H27N3O2/c1-11-9-12-10-13(23)3-4-14(12)15-5-7-18(2)16(17(11)15)6-8-19(18,24)21-22-20/h10-11,14-17,24H,3-9H2,1-2H3/t11-,14+,15-,16+,17-,18+,19+/m1/s1. The number of hydrogen-bond donors (Lipinski definition) is 1. The topological polar surface area (TPSA) is 86.1 Å². The number of hydrogen-bond acceptors (Lipinski definition) is 3. The Hall–Kier alpha value is -1.32. The summed E-state index contributed by atoms with van der Waals surface area (Å²) in [6.07, 6.45) is 8.16. The van der Waals surface area contributed by atoms with Crippen molar-refractivity contribution in [2.75, 3.05) is 0 Å². The number of azide groups is 1. The van der Waals surface area contributed by atoms with Crippen LogP contribution in [0.3, 0.4) is 0 Å². The highest BCUT2D eigenvalue weighted by Gasteiger charge is 2.63.